The second-order valence-electron chi connectivity index (χ2n) is 7.73. The third-order valence-corrected chi connectivity index (χ3v) is 6.78. The molecule has 3 rings (SSSR count). The highest BCUT2D eigenvalue weighted by Gasteiger charge is 2.22. The van der Waals surface area contributed by atoms with Crippen LogP contribution < -0.4 is 10.0 Å². The molecule has 168 valence electrons. The van der Waals surface area contributed by atoms with Crippen molar-refractivity contribution in [3.63, 3.8) is 0 Å². The molecule has 31 heavy (non-hydrogen) atoms. The van der Waals surface area contributed by atoms with Crippen LogP contribution in [0.4, 0.5) is 0 Å². The molecule has 2 N–H and O–H groups in total. The van der Waals surface area contributed by atoms with E-state index in [0.29, 0.717) is 18.2 Å². The van der Waals surface area contributed by atoms with Crippen LogP contribution in [-0.4, -0.2) is 32.9 Å². The summed E-state index contributed by atoms with van der Waals surface area (Å²) in [4.78, 5) is 24.6. The topological polar surface area (TPSA) is 115 Å². The van der Waals surface area contributed by atoms with Crippen LogP contribution in [0.3, 0.4) is 0 Å². The van der Waals surface area contributed by atoms with Crippen molar-refractivity contribution < 1.29 is 27.2 Å². The summed E-state index contributed by atoms with van der Waals surface area (Å²) in [5.41, 5.74) is 0.164. The summed E-state index contributed by atoms with van der Waals surface area (Å²) in [7, 11) is -3.76. The molecule has 2 aromatic rings. The standard InChI is InChI=1S/C22H28N2O6S/c1-16(21(25)23-14-17-6-3-2-4-7-17)30-22(26)18-9-11-20(12-10-18)31(27,28)24-15-19-8-5-13-29-19/h5,8-13,16-17,24H,2-4,6-7,14-15H2,1H3,(H,23,25). The fourth-order valence-electron chi connectivity index (χ4n) is 3.49. The Morgan fingerprint density at radius 3 is 2.48 bits per heavy atom. The van der Waals surface area contributed by atoms with E-state index in [-0.39, 0.29) is 22.9 Å². The van der Waals surface area contributed by atoms with Gasteiger partial charge in [0.05, 0.1) is 23.3 Å². The summed E-state index contributed by atoms with van der Waals surface area (Å²) < 4.78 is 37.5. The summed E-state index contributed by atoms with van der Waals surface area (Å²) >= 11 is 0. The second-order valence-corrected chi connectivity index (χ2v) is 9.49. The van der Waals surface area contributed by atoms with Crippen molar-refractivity contribution >= 4 is 21.9 Å². The van der Waals surface area contributed by atoms with Crippen LogP contribution >= 0.6 is 0 Å². The molecule has 1 unspecified atom stereocenters. The molecular formula is C22H28N2O6S. The third-order valence-electron chi connectivity index (χ3n) is 5.36. The first kappa shape index (κ1) is 23.0. The number of hydrogen-bond acceptors (Lipinski definition) is 6. The van der Waals surface area contributed by atoms with Crippen molar-refractivity contribution in [2.24, 2.45) is 5.92 Å². The van der Waals surface area contributed by atoms with Crippen LogP contribution in [-0.2, 0) is 26.1 Å². The molecule has 8 nitrogen and oxygen atoms in total. The highest BCUT2D eigenvalue weighted by Crippen LogP contribution is 2.22. The zero-order valence-electron chi connectivity index (χ0n) is 17.5. The Kier molecular flexibility index (Phi) is 7.86. The number of sulfonamides is 1. The van der Waals surface area contributed by atoms with E-state index in [1.165, 1.54) is 56.7 Å². The van der Waals surface area contributed by atoms with Crippen molar-refractivity contribution in [1.82, 2.24) is 10.0 Å². The van der Waals surface area contributed by atoms with Gasteiger partial charge in [-0.2, -0.15) is 0 Å². The predicted octanol–water partition coefficient (Wildman–Crippen LogP) is 3.00. The molecule has 0 aliphatic heterocycles. The highest BCUT2D eigenvalue weighted by molar-refractivity contribution is 7.89. The molecule has 1 saturated carbocycles. The van der Waals surface area contributed by atoms with Crippen molar-refractivity contribution in [3.05, 3.63) is 54.0 Å². The molecular weight excluding hydrogens is 420 g/mol. The Morgan fingerprint density at radius 2 is 1.84 bits per heavy atom. The Morgan fingerprint density at radius 1 is 1.13 bits per heavy atom. The molecule has 1 heterocycles. The molecule has 0 spiro atoms. The summed E-state index contributed by atoms with van der Waals surface area (Å²) in [6.45, 7) is 2.14. The highest BCUT2D eigenvalue weighted by atomic mass is 32.2. The normalized spacial score (nSPS) is 15.9. The van der Waals surface area contributed by atoms with Gasteiger partial charge in [0.25, 0.3) is 5.91 Å². The van der Waals surface area contributed by atoms with Crippen molar-refractivity contribution in [1.29, 1.82) is 0 Å². The van der Waals surface area contributed by atoms with Gasteiger partial charge in [-0.1, -0.05) is 19.3 Å². The number of hydrogen-bond donors (Lipinski definition) is 2. The van der Waals surface area contributed by atoms with Crippen molar-refractivity contribution in [2.45, 2.75) is 56.6 Å². The maximum absolute atomic E-state index is 12.4. The molecule has 9 heteroatoms. The average Bonchev–Trinajstić information content (AvgIpc) is 3.30. The molecule has 1 aromatic carbocycles. The van der Waals surface area contributed by atoms with Crippen LogP contribution in [0.1, 0.15) is 55.1 Å². The molecule has 1 aliphatic carbocycles. The first-order valence-electron chi connectivity index (χ1n) is 10.5. The first-order chi connectivity index (χ1) is 14.8. The number of furan rings is 1. The van der Waals surface area contributed by atoms with Gasteiger partial charge in [-0.3, -0.25) is 4.79 Å². The second kappa shape index (κ2) is 10.6. The van der Waals surface area contributed by atoms with Gasteiger partial charge in [0.1, 0.15) is 5.76 Å². The van der Waals surface area contributed by atoms with Crippen LogP contribution in [0.25, 0.3) is 0 Å². The third kappa shape index (κ3) is 6.67. The zero-order chi connectivity index (χ0) is 22.3. The van der Waals surface area contributed by atoms with Gasteiger partial charge in [0.2, 0.25) is 10.0 Å². The van der Waals surface area contributed by atoms with Gasteiger partial charge in [-0.25, -0.2) is 17.9 Å². The zero-order valence-corrected chi connectivity index (χ0v) is 18.3. The molecule has 0 radical (unpaired) electrons. The number of benzene rings is 1. The van der Waals surface area contributed by atoms with Gasteiger partial charge in [-0.05, 0) is 62.1 Å². The predicted molar refractivity (Wildman–Crippen MR) is 114 cm³/mol. The smallest absolute Gasteiger partial charge is 0.338 e. The lowest BCUT2D eigenvalue weighted by atomic mass is 9.89. The lowest BCUT2D eigenvalue weighted by molar-refractivity contribution is -0.129. The first-order valence-corrected chi connectivity index (χ1v) is 11.9. The molecule has 1 amide bonds. The maximum atomic E-state index is 12.4. The fraction of sp³-hybridized carbons (Fsp3) is 0.455. The Bertz CT molecular complexity index is 964. The number of nitrogens with one attached hydrogen (secondary N) is 2. The van der Waals surface area contributed by atoms with Crippen molar-refractivity contribution in [3.8, 4) is 0 Å². The molecule has 1 fully saturated rings. The van der Waals surface area contributed by atoms with Crippen LogP contribution in [0.2, 0.25) is 0 Å². The summed E-state index contributed by atoms with van der Waals surface area (Å²) in [6, 6.07) is 8.67. The summed E-state index contributed by atoms with van der Waals surface area (Å²) in [5.74, 6) is -0.0518. The van der Waals surface area contributed by atoms with E-state index in [9.17, 15) is 18.0 Å². The van der Waals surface area contributed by atoms with Crippen LogP contribution in [0.15, 0.2) is 52.0 Å². The van der Waals surface area contributed by atoms with E-state index in [1.807, 2.05) is 0 Å². The van der Waals surface area contributed by atoms with Gasteiger partial charge < -0.3 is 14.5 Å². The van der Waals surface area contributed by atoms with E-state index in [2.05, 4.69) is 10.0 Å². The van der Waals surface area contributed by atoms with Crippen LogP contribution in [0, 0.1) is 5.92 Å². The van der Waals surface area contributed by atoms with Gasteiger partial charge >= 0.3 is 5.97 Å². The van der Waals surface area contributed by atoms with E-state index in [1.54, 1.807) is 12.1 Å². The fourth-order valence-corrected chi connectivity index (χ4v) is 4.49. The Labute approximate surface area is 182 Å². The SMILES string of the molecule is CC(OC(=O)c1ccc(S(=O)(=O)NCc2ccco2)cc1)C(=O)NCC1CCCCC1. The number of carbonyl (C=O) groups excluding carboxylic acids is 2. The van der Waals surface area contributed by atoms with Gasteiger partial charge in [0, 0.05) is 6.54 Å². The largest absolute Gasteiger partial charge is 0.468 e. The van der Waals surface area contributed by atoms with Crippen LogP contribution in [0.5, 0.6) is 0 Å². The molecule has 1 atom stereocenters. The number of rotatable bonds is 9. The summed E-state index contributed by atoms with van der Waals surface area (Å²) in [6.07, 6.45) is 6.37. The monoisotopic (exact) mass is 448 g/mol. The minimum absolute atomic E-state index is 0.00822. The van der Waals surface area contributed by atoms with Gasteiger partial charge in [-0.15, -0.1) is 0 Å². The van der Waals surface area contributed by atoms with E-state index in [4.69, 9.17) is 9.15 Å². The number of esters is 1. The molecule has 0 saturated heterocycles. The Balaban J connectivity index is 1.50. The maximum Gasteiger partial charge on any atom is 0.338 e. The van der Waals surface area contributed by atoms with E-state index < -0.39 is 22.1 Å². The number of ether oxygens (including phenoxy) is 1. The lowest BCUT2D eigenvalue weighted by Gasteiger charge is -2.22. The lowest BCUT2D eigenvalue weighted by Crippen LogP contribution is -2.38. The molecule has 1 aliphatic rings. The van der Waals surface area contributed by atoms with Crippen molar-refractivity contribution in [2.75, 3.05) is 6.54 Å². The van der Waals surface area contributed by atoms with E-state index >= 15 is 0 Å². The minimum Gasteiger partial charge on any atom is -0.468 e. The molecule has 0 bridgehead atoms. The number of carbonyl (C=O) groups is 2. The molecule has 1 aromatic heterocycles. The van der Waals surface area contributed by atoms with E-state index in [0.717, 1.165) is 12.8 Å². The summed E-state index contributed by atoms with van der Waals surface area (Å²) in [5, 5.41) is 2.85. The van der Waals surface area contributed by atoms with Gasteiger partial charge in [0.15, 0.2) is 6.10 Å². The minimum atomic E-state index is -3.76. The average molecular weight is 449 g/mol. The Hall–Kier alpha value is -2.65. The quantitative estimate of drug-likeness (QED) is 0.570. The number of amides is 1.